The smallest absolute Gasteiger partial charge is 0.238 e. The van der Waals surface area contributed by atoms with Crippen molar-refractivity contribution in [3.63, 3.8) is 0 Å². The fourth-order valence-corrected chi connectivity index (χ4v) is 4.79. The van der Waals surface area contributed by atoms with Crippen LogP contribution in [-0.4, -0.2) is 47.9 Å². The lowest BCUT2D eigenvalue weighted by molar-refractivity contribution is -0.129. The van der Waals surface area contributed by atoms with Crippen LogP contribution >= 0.6 is 11.8 Å². The molecule has 1 fully saturated rings. The van der Waals surface area contributed by atoms with Crippen molar-refractivity contribution in [1.82, 2.24) is 4.90 Å². The van der Waals surface area contributed by atoms with E-state index in [1.165, 1.54) is 11.8 Å². The molecule has 0 radical (unpaired) electrons. The van der Waals surface area contributed by atoms with Gasteiger partial charge in [-0.1, -0.05) is 54.2 Å². The van der Waals surface area contributed by atoms with E-state index in [0.29, 0.717) is 29.6 Å². The number of benzene rings is 3. The molecule has 2 amide bonds. The number of nitrogens with one attached hydrogen (secondary N) is 1. The van der Waals surface area contributed by atoms with E-state index in [1.54, 1.807) is 31.3 Å². The molecule has 0 aromatic heterocycles. The highest BCUT2D eigenvalue weighted by Crippen LogP contribution is 2.31. The van der Waals surface area contributed by atoms with Crippen LogP contribution in [0, 0.1) is 0 Å². The number of aliphatic imine (C=N–C) groups is 1. The first-order valence-electron chi connectivity index (χ1n) is 11.2. The van der Waals surface area contributed by atoms with E-state index in [9.17, 15) is 9.59 Å². The van der Waals surface area contributed by atoms with Crippen molar-refractivity contribution in [2.24, 2.45) is 4.99 Å². The first kappa shape index (κ1) is 24.3. The number of amides is 2. The molecule has 1 atom stereocenters. The second-order valence-electron chi connectivity index (χ2n) is 7.87. The molecule has 0 spiro atoms. The molecule has 3 aromatic rings. The van der Waals surface area contributed by atoms with Crippen LogP contribution in [-0.2, 0) is 16.0 Å². The monoisotopic (exact) mass is 489 g/mol. The molecule has 180 valence electrons. The molecule has 0 bridgehead atoms. The number of amidine groups is 1. The van der Waals surface area contributed by atoms with Gasteiger partial charge in [0.05, 0.1) is 25.6 Å². The van der Waals surface area contributed by atoms with Gasteiger partial charge in [0.1, 0.15) is 16.7 Å². The summed E-state index contributed by atoms with van der Waals surface area (Å²) >= 11 is 1.30. The molecule has 1 N–H and O–H groups in total. The zero-order valence-corrected chi connectivity index (χ0v) is 20.5. The van der Waals surface area contributed by atoms with E-state index in [-0.39, 0.29) is 18.2 Å². The summed E-state index contributed by atoms with van der Waals surface area (Å²) in [7, 11) is 3.18. The van der Waals surface area contributed by atoms with Crippen molar-refractivity contribution in [3.8, 4) is 11.5 Å². The molecular weight excluding hydrogens is 462 g/mol. The predicted octanol–water partition coefficient (Wildman–Crippen LogP) is 4.91. The first-order valence-corrected chi connectivity index (χ1v) is 12.1. The summed E-state index contributed by atoms with van der Waals surface area (Å²) in [6.07, 6.45) is 0.740. The Labute approximate surface area is 209 Å². The van der Waals surface area contributed by atoms with Gasteiger partial charge in [0, 0.05) is 13.0 Å². The Kier molecular flexibility index (Phi) is 8.05. The highest BCUT2D eigenvalue weighted by Gasteiger charge is 2.36. The number of hydrogen-bond acceptors (Lipinski definition) is 6. The fourth-order valence-electron chi connectivity index (χ4n) is 3.67. The maximum atomic E-state index is 13.2. The number of anilines is 1. The number of carbonyl (C=O) groups is 2. The fraction of sp³-hybridized carbons (Fsp3) is 0.222. The van der Waals surface area contributed by atoms with Crippen molar-refractivity contribution in [2.45, 2.75) is 18.1 Å². The molecule has 1 aliphatic rings. The maximum Gasteiger partial charge on any atom is 0.238 e. The van der Waals surface area contributed by atoms with Crippen LogP contribution < -0.4 is 14.8 Å². The lowest BCUT2D eigenvalue weighted by atomic mass is 10.1. The van der Waals surface area contributed by atoms with E-state index in [1.807, 2.05) is 66.7 Å². The Morgan fingerprint density at radius 3 is 2.43 bits per heavy atom. The summed E-state index contributed by atoms with van der Waals surface area (Å²) < 4.78 is 10.6. The number of para-hydroxylation sites is 3. The molecule has 35 heavy (non-hydrogen) atoms. The van der Waals surface area contributed by atoms with Gasteiger partial charge in [-0.3, -0.25) is 14.5 Å². The number of ether oxygens (including phenoxy) is 2. The molecular formula is C27H27N3O4S. The minimum absolute atomic E-state index is 0.0854. The Morgan fingerprint density at radius 2 is 1.71 bits per heavy atom. The third-order valence-corrected chi connectivity index (χ3v) is 6.75. The van der Waals surface area contributed by atoms with Crippen LogP contribution in [0.25, 0.3) is 0 Å². The van der Waals surface area contributed by atoms with Crippen LogP contribution in [0.4, 0.5) is 11.4 Å². The summed E-state index contributed by atoms with van der Waals surface area (Å²) in [6.45, 7) is 0.463. The van der Waals surface area contributed by atoms with Crippen LogP contribution in [0.2, 0.25) is 0 Å². The molecule has 8 heteroatoms. The lowest BCUT2D eigenvalue weighted by Gasteiger charge is -2.32. The third-order valence-electron chi connectivity index (χ3n) is 5.56. The molecule has 1 aliphatic heterocycles. The van der Waals surface area contributed by atoms with Gasteiger partial charge in [0.25, 0.3) is 0 Å². The van der Waals surface area contributed by atoms with Crippen molar-refractivity contribution in [2.75, 3.05) is 26.1 Å². The van der Waals surface area contributed by atoms with E-state index in [0.717, 1.165) is 17.0 Å². The Bertz CT molecular complexity index is 1200. The van der Waals surface area contributed by atoms with Gasteiger partial charge in [-0.05, 0) is 48.4 Å². The van der Waals surface area contributed by atoms with Gasteiger partial charge in [-0.25, -0.2) is 4.99 Å². The van der Waals surface area contributed by atoms with Crippen molar-refractivity contribution < 1.29 is 19.1 Å². The SMILES string of the molecule is COc1ccc(CCN2C(=O)CC(C(=O)Nc3ccccc3OC)SC2=Nc2ccccc2)cc1. The molecule has 3 aromatic carbocycles. The zero-order chi connectivity index (χ0) is 24.6. The van der Waals surface area contributed by atoms with E-state index in [2.05, 4.69) is 5.32 Å². The third kappa shape index (κ3) is 6.22. The standard InChI is InChI=1S/C27H27N3O4S/c1-33-21-14-12-19(13-15-21)16-17-30-25(31)18-24(35-27(30)28-20-8-4-3-5-9-20)26(32)29-22-10-6-7-11-23(22)34-2/h3-15,24H,16-18H2,1-2H3,(H,29,32). The zero-order valence-electron chi connectivity index (χ0n) is 19.6. The summed E-state index contributed by atoms with van der Waals surface area (Å²) in [5.74, 6) is 0.955. The van der Waals surface area contributed by atoms with E-state index in [4.69, 9.17) is 14.5 Å². The molecule has 7 nitrogen and oxygen atoms in total. The molecule has 4 rings (SSSR count). The number of thioether (sulfide) groups is 1. The lowest BCUT2D eigenvalue weighted by Crippen LogP contribution is -2.46. The molecule has 1 heterocycles. The number of methoxy groups -OCH3 is 2. The largest absolute Gasteiger partial charge is 0.497 e. The average molecular weight is 490 g/mol. The molecule has 0 saturated carbocycles. The predicted molar refractivity (Wildman–Crippen MR) is 140 cm³/mol. The van der Waals surface area contributed by atoms with Crippen LogP contribution in [0.5, 0.6) is 11.5 Å². The number of hydrogen-bond donors (Lipinski definition) is 1. The van der Waals surface area contributed by atoms with Crippen LogP contribution in [0.3, 0.4) is 0 Å². The number of rotatable bonds is 8. The van der Waals surface area contributed by atoms with Gasteiger partial charge in [0.15, 0.2) is 5.17 Å². The molecule has 0 aliphatic carbocycles. The van der Waals surface area contributed by atoms with Crippen molar-refractivity contribution in [3.05, 3.63) is 84.4 Å². The van der Waals surface area contributed by atoms with Crippen molar-refractivity contribution in [1.29, 1.82) is 0 Å². The minimum Gasteiger partial charge on any atom is -0.497 e. The Morgan fingerprint density at radius 1 is 1.00 bits per heavy atom. The van der Waals surface area contributed by atoms with Gasteiger partial charge in [-0.2, -0.15) is 0 Å². The quantitative estimate of drug-likeness (QED) is 0.487. The van der Waals surface area contributed by atoms with E-state index < -0.39 is 5.25 Å². The van der Waals surface area contributed by atoms with E-state index >= 15 is 0 Å². The molecule has 1 saturated heterocycles. The highest BCUT2D eigenvalue weighted by atomic mass is 32.2. The number of nitrogens with zero attached hydrogens (tertiary/aromatic N) is 2. The normalized spacial score (nSPS) is 16.7. The minimum atomic E-state index is -0.605. The topological polar surface area (TPSA) is 80.2 Å². The Hall–Kier alpha value is -3.78. The highest BCUT2D eigenvalue weighted by molar-refractivity contribution is 8.15. The summed E-state index contributed by atoms with van der Waals surface area (Å²) in [5.41, 5.74) is 2.37. The second kappa shape index (κ2) is 11.6. The second-order valence-corrected chi connectivity index (χ2v) is 9.04. The number of carbonyl (C=O) groups excluding carboxylic acids is 2. The summed E-state index contributed by atoms with van der Waals surface area (Å²) in [6, 6.07) is 24.4. The van der Waals surface area contributed by atoms with Gasteiger partial charge in [-0.15, -0.1) is 0 Å². The first-order chi connectivity index (χ1) is 17.1. The molecule has 1 unspecified atom stereocenters. The van der Waals surface area contributed by atoms with Crippen LogP contribution in [0.1, 0.15) is 12.0 Å². The average Bonchev–Trinajstić information content (AvgIpc) is 2.89. The summed E-state index contributed by atoms with van der Waals surface area (Å²) in [4.78, 5) is 32.7. The van der Waals surface area contributed by atoms with Gasteiger partial charge < -0.3 is 14.8 Å². The van der Waals surface area contributed by atoms with Crippen LogP contribution in [0.15, 0.2) is 83.9 Å². The van der Waals surface area contributed by atoms with Gasteiger partial charge in [0.2, 0.25) is 11.8 Å². The maximum absolute atomic E-state index is 13.2. The van der Waals surface area contributed by atoms with Gasteiger partial charge >= 0.3 is 0 Å². The Balaban J connectivity index is 1.53. The summed E-state index contributed by atoms with van der Waals surface area (Å²) in [5, 5.41) is 2.81. The van der Waals surface area contributed by atoms with Crippen molar-refractivity contribution >= 4 is 40.1 Å².